The van der Waals surface area contributed by atoms with E-state index < -0.39 is 16.1 Å². The highest BCUT2D eigenvalue weighted by Gasteiger charge is 2.31. The number of carbonyl (C=O) groups excluding carboxylic acids is 1. The molecule has 0 saturated carbocycles. The Labute approximate surface area is 173 Å². The Morgan fingerprint density at radius 1 is 1.03 bits per heavy atom. The zero-order chi connectivity index (χ0) is 20.9. The predicted octanol–water partition coefficient (Wildman–Crippen LogP) is 3.86. The van der Waals surface area contributed by atoms with Crippen LogP contribution in [0.3, 0.4) is 0 Å². The minimum absolute atomic E-state index is 0.340. The summed E-state index contributed by atoms with van der Waals surface area (Å²) in [6.45, 7) is 3.93. The molecule has 1 aliphatic heterocycles. The smallest absolute Gasteiger partial charge is 0.248 e. The van der Waals surface area contributed by atoms with E-state index in [9.17, 15) is 13.2 Å². The van der Waals surface area contributed by atoms with Crippen molar-refractivity contribution in [1.29, 1.82) is 0 Å². The predicted molar refractivity (Wildman–Crippen MR) is 119 cm³/mol. The second-order valence-electron chi connectivity index (χ2n) is 7.40. The summed E-state index contributed by atoms with van der Waals surface area (Å²) in [5.41, 5.74) is 2.30. The normalized spacial score (nSPS) is 15.6. The van der Waals surface area contributed by atoms with Gasteiger partial charge in [0.1, 0.15) is 6.04 Å². The van der Waals surface area contributed by atoms with E-state index in [-0.39, 0.29) is 5.91 Å². The average molecular weight is 416 g/mol. The second-order valence-corrected chi connectivity index (χ2v) is 9.26. The van der Waals surface area contributed by atoms with Gasteiger partial charge >= 0.3 is 0 Å². The van der Waals surface area contributed by atoms with Gasteiger partial charge < -0.3 is 10.2 Å². The molecule has 1 saturated heterocycles. The number of para-hydroxylation sites is 1. The minimum atomic E-state index is -3.62. The van der Waals surface area contributed by atoms with Gasteiger partial charge in [0.05, 0.1) is 11.9 Å². The molecule has 7 heteroatoms. The van der Waals surface area contributed by atoms with Crippen LogP contribution in [-0.2, 0) is 14.8 Å². The summed E-state index contributed by atoms with van der Waals surface area (Å²) < 4.78 is 26.1. The molecule has 2 aromatic rings. The molecule has 29 heavy (non-hydrogen) atoms. The van der Waals surface area contributed by atoms with Gasteiger partial charge in [-0.3, -0.25) is 9.10 Å². The van der Waals surface area contributed by atoms with Crippen LogP contribution in [0.4, 0.5) is 17.1 Å². The average Bonchev–Trinajstić information content (AvgIpc) is 2.72. The van der Waals surface area contributed by atoms with Crippen molar-refractivity contribution < 1.29 is 13.2 Å². The highest BCUT2D eigenvalue weighted by atomic mass is 32.2. The van der Waals surface area contributed by atoms with Crippen molar-refractivity contribution in [2.75, 3.05) is 33.9 Å². The van der Waals surface area contributed by atoms with Crippen LogP contribution in [0.2, 0.25) is 0 Å². The minimum Gasteiger partial charge on any atom is -0.372 e. The van der Waals surface area contributed by atoms with Crippen LogP contribution in [0.15, 0.2) is 54.6 Å². The molecule has 0 spiro atoms. The molecule has 3 rings (SSSR count). The quantitative estimate of drug-likeness (QED) is 0.745. The zero-order valence-corrected chi connectivity index (χ0v) is 17.9. The summed E-state index contributed by atoms with van der Waals surface area (Å²) in [6, 6.07) is 15.7. The number of hydrogen-bond donors (Lipinski definition) is 1. The maximum absolute atomic E-state index is 13.0. The molecule has 1 amide bonds. The number of anilines is 3. The molecule has 1 aliphatic rings. The van der Waals surface area contributed by atoms with E-state index in [2.05, 4.69) is 10.2 Å². The molecule has 0 aliphatic carbocycles. The molecule has 156 valence electrons. The molecule has 0 bridgehead atoms. The lowest BCUT2D eigenvalue weighted by Crippen LogP contribution is -2.46. The van der Waals surface area contributed by atoms with Gasteiger partial charge in [-0.2, -0.15) is 0 Å². The number of nitrogens with one attached hydrogen (secondary N) is 1. The van der Waals surface area contributed by atoms with Gasteiger partial charge in [0.2, 0.25) is 15.9 Å². The van der Waals surface area contributed by atoms with Crippen molar-refractivity contribution in [3.63, 3.8) is 0 Å². The molecular formula is C22H29N3O3S. The van der Waals surface area contributed by atoms with Crippen molar-refractivity contribution in [3.8, 4) is 0 Å². The third kappa shape index (κ3) is 5.29. The summed E-state index contributed by atoms with van der Waals surface area (Å²) in [5, 5.41) is 2.88. The summed E-state index contributed by atoms with van der Waals surface area (Å²) >= 11 is 0. The monoisotopic (exact) mass is 415 g/mol. The summed E-state index contributed by atoms with van der Waals surface area (Å²) in [4.78, 5) is 15.3. The number of rotatable bonds is 7. The molecule has 0 unspecified atom stereocenters. The first kappa shape index (κ1) is 21.2. The number of piperidine rings is 1. The van der Waals surface area contributed by atoms with Crippen LogP contribution < -0.4 is 14.5 Å². The fourth-order valence-electron chi connectivity index (χ4n) is 3.77. The Morgan fingerprint density at radius 2 is 1.66 bits per heavy atom. The number of benzene rings is 2. The van der Waals surface area contributed by atoms with Crippen molar-refractivity contribution in [3.05, 3.63) is 54.6 Å². The summed E-state index contributed by atoms with van der Waals surface area (Å²) in [5.74, 6) is -0.340. The summed E-state index contributed by atoms with van der Waals surface area (Å²) in [6.07, 6.45) is 5.18. The van der Waals surface area contributed by atoms with E-state index in [1.54, 1.807) is 24.3 Å². The Bertz CT molecular complexity index is 908. The van der Waals surface area contributed by atoms with Gasteiger partial charge in [0.15, 0.2) is 0 Å². The lowest BCUT2D eigenvalue weighted by Gasteiger charge is -2.30. The van der Waals surface area contributed by atoms with Gasteiger partial charge in [-0.1, -0.05) is 25.1 Å². The standard InChI is InChI=1S/C22H29N3O3S/c1-3-21(25(29(2,27)28)20-10-6-4-7-11-20)22(26)23-18-12-14-19(15-13-18)24-16-8-5-9-17-24/h4,6-7,10-15,21H,3,5,8-9,16-17H2,1-2H3,(H,23,26)/t21-/m0/s1. The van der Waals surface area contributed by atoms with Gasteiger partial charge in [-0.15, -0.1) is 0 Å². The van der Waals surface area contributed by atoms with E-state index in [4.69, 9.17) is 0 Å². The van der Waals surface area contributed by atoms with Crippen molar-refractivity contribution in [2.45, 2.75) is 38.6 Å². The lowest BCUT2D eigenvalue weighted by atomic mass is 10.1. The largest absolute Gasteiger partial charge is 0.372 e. The topological polar surface area (TPSA) is 69.7 Å². The van der Waals surface area contributed by atoms with Gasteiger partial charge in [-0.05, 0) is 62.1 Å². The number of hydrogen-bond acceptors (Lipinski definition) is 4. The first-order valence-electron chi connectivity index (χ1n) is 10.1. The first-order chi connectivity index (χ1) is 13.9. The third-order valence-corrected chi connectivity index (χ3v) is 6.38. The Morgan fingerprint density at radius 3 is 2.21 bits per heavy atom. The van der Waals surface area contributed by atoms with Crippen molar-refractivity contribution >= 4 is 33.0 Å². The molecule has 1 fully saturated rings. The van der Waals surface area contributed by atoms with Crippen LogP contribution >= 0.6 is 0 Å². The highest BCUT2D eigenvalue weighted by molar-refractivity contribution is 7.92. The summed E-state index contributed by atoms with van der Waals surface area (Å²) in [7, 11) is -3.62. The van der Waals surface area contributed by atoms with Crippen molar-refractivity contribution in [2.24, 2.45) is 0 Å². The Balaban J connectivity index is 1.76. The Kier molecular flexibility index (Phi) is 6.79. The van der Waals surface area contributed by atoms with Gasteiger partial charge in [0, 0.05) is 24.5 Å². The van der Waals surface area contributed by atoms with E-state index in [0.29, 0.717) is 17.8 Å². The fourth-order valence-corrected chi connectivity index (χ4v) is 4.98. The fraction of sp³-hybridized carbons (Fsp3) is 0.409. The molecular weight excluding hydrogens is 386 g/mol. The molecule has 0 aromatic heterocycles. The third-order valence-electron chi connectivity index (χ3n) is 5.20. The number of carbonyl (C=O) groups is 1. The second kappa shape index (κ2) is 9.31. The van der Waals surface area contributed by atoms with E-state index in [1.165, 1.54) is 23.6 Å². The maximum Gasteiger partial charge on any atom is 0.248 e. The molecule has 6 nitrogen and oxygen atoms in total. The molecule has 1 N–H and O–H groups in total. The van der Waals surface area contributed by atoms with Crippen LogP contribution in [0.1, 0.15) is 32.6 Å². The van der Waals surface area contributed by atoms with Crippen molar-refractivity contribution in [1.82, 2.24) is 0 Å². The molecule has 0 radical (unpaired) electrons. The Hall–Kier alpha value is -2.54. The molecule has 1 heterocycles. The lowest BCUT2D eigenvalue weighted by molar-refractivity contribution is -0.117. The number of amides is 1. The van der Waals surface area contributed by atoms with Crippen LogP contribution in [0, 0.1) is 0 Å². The SMILES string of the molecule is CC[C@@H](C(=O)Nc1ccc(N2CCCCC2)cc1)N(c1ccccc1)S(C)(=O)=O. The molecule has 2 aromatic carbocycles. The molecule has 1 atom stereocenters. The number of sulfonamides is 1. The van der Waals surface area contributed by atoms with Crippen LogP contribution in [-0.4, -0.2) is 39.7 Å². The highest BCUT2D eigenvalue weighted by Crippen LogP contribution is 2.25. The van der Waals surface area contributed by atoms with Gasteiger partial charge in [0.25, 0.3) is 0 Å². The first-order valence-corrected chi connectivity index (χ1v) is 12.0. The van der Waals surface area contributed by atoms with E-state index >= 15 is 0 Å². The van der Waals surface area contributed by atoms with Gasteiger partial charge in [-0.25, -0.2) is 8.42 Å². The maximum atomic E-state index is 13.0. The van der Waals surface area contributed by atoms with E-state index in [0.717, 1.165) is 25.0 Å². The van der Waals surface area contributed by atoms with Crippen LogP contribution in [0.5, 0.6) is 0 Å². The van der Waals surface area contributed by atoms with Crippen LogP contribution in [0.25, 0.3) is 0 Å². The van der Waals surface area contributed by atoms with E-state index in [1.807, 2.05) is 37.3 Å². The number of nitrogens with zero attached hydrogens (tertiary/aromatic N) is 2. The zero-order valence-electron chi connectivity index (χ0n) is 17.0.